The van der Waals surface area contributed by atoms with Crippen molar-refractivity contribution in [3.05, 3.63) is 113 Å². The fraction of sp³-hybridized carbons (Fsp3) is 0.0938. The Morgan fingerprint density at radius 1 is 0.974 bits per heavy atom. The SMILES string of the molecule is CCc1ccc(OCc2cccc(-c3cccnc3)c2)c2c(C(=O)O)cc(-c3csc4ccccc34)nc12. The summed E-state index contributed by atoms with van der Waals surface area (Å²) >= 11 is 1.63. The average molecular weight is 517 g/mol. The minimum atomic E-state index is -1.00. The molecule has 3 aromatic carbocycles. The Morgan fingerprint density at radius 3 is 2.66 bits per heavy atom. The first-order valence-electron chi connectivity index (χ1n) is 12.4. The number of benzene rings is 3. The number of pyridine rings is 2. The van der Waals surface area contributed by atoms with Gasteiger partial charge in [-0.2, -0.15) is 0 Å². The number of fused-ring (bicyclic) bond motifs is 2. The van der Waals surface area contributed by atoms with Crippen LogP contribution in [0, 0.1) is 0 Å². The highest BCUT2D eigenvalue weighted by Gasteiger charge is 2.20. The van der Waals surface area contributed by atoms with E-state index in [1.165, 1.54) is 0 Å². The van der Waals surface area contributed by atoms with Gasteiger partial charge in [-0.25, -0.2) is 9.78 Å². The van der Waals surface area contributed by atoms with Gasteiger partial charge in [-0.3, -0.25) is 4.98 Å². The predicted octanol–water partition coefficient (Wildman–Crippen LogP) is 8.02. The lowest BCUT2D eigenvalue weighted by Gasteiger charge is -2.15. The van der Waals surface area contributed by atoms with Crippen molar-refractivity contribution in [2.45, 2.75) is 20.0 Å². The molecule has 0 amide bonds. The van der Waals surface area contributed by atoms with E-state index < -0.39 is 5.97 Å². The van der Waals surface area contributed by atoms with Gasteiger partial charge >= 0.3 is 5.97 Å². The topological polar surface area (TPSA) is 72.3 Å². The Bertz CT molecular complexity index is 1790. The fourth-order valence-electron chi connectivity index (χ4n) is 4.79. The van der Waals surface area contributed by atoms with Crippen LogP contribution in [0.5, 0.6) is 5.75 Å². The first kappa shape index (κ1) is 23.8. The van der Waals surface area contributed by atoms with Crippen LogP contribution in [0.2, 0.25) is 0 Å². The summed E-state index contributed by atoms with van der Waals surface area (Å²) in [5, 5.41) is 13.9. The van der Waals surface area contributed by atoms with E-state index in [1.54, 1.807) is 23.6 Å². The van der Waals surface area contributed by atoms with Gasteiger partial charge in [0.15, 0.2) is 0 Å². The van der Waals surface area contributed by atoms with Gasteiger partial charge in [0.25, 0.3) is 0 Å². The molecule has 6 rings (SSSR count). The summed E-state index contributed by atoms with van der Waals surface area (Å²) in [5.41, 5.74) is 6.48. The third-order valence-corrected chi connectivity index (χ3v) is 7.65. The second-order valence-electron chi connectivity index (χ2n) is 9.04. The summed E-state index contributed by atoms with van der Waals surface area (Å²) in [4.78, 5) is 21.8. The van der Waals surface area contributed by atoms with Crippen molar-refractivity contribution in [2.24, 2.45) is 0 Å². The third kappa shape index (κ3) is 4.40. The lowest BCUT2D eigenvalue weighted by Crippen LogP contribution is -2.05. The Balaban J connectivity index is 1.43. The monoisotopic (exact) mass is 516 g/mol. The molecule has 38 heavy (non-hydrogen) atoms. The second-order valence-corrected chi connectivity index (χ2v) is 9.95. The molecule has 0 saturated heterocycles. The molecule has 6 aromatic rings. The highest BCUT2D eigenvalue weighted by molar-refractivity contribution is 7.17. The van der Waals surface area contributed by atoms with Gasteiger partial charge in [0, 0.05) is 33.4 Å². The quantitative estimate of drug-likeness (QED) is 0.233. The largest absolute Gasteiger partial charge is 0.488 e. The van der Waals surface area contributed by atoms with Crippen molar-refractivity contribution in [3.63, 3.8) is 0 Å². The number of rotatable bonds is 7. The number of carbonyl (C=O) groups is 1. The lowest BCUT2D eigenvalue weighted by atomic mass is 9.99. The maximum absolute atomic E-state index is 12.5. The van der Waals surface area contributed by atoms with Crippen molar-refractivity contribution in [3.8, 4) is 28.1 Å². The van der Waals surface area contributed by atoms with Crippen LogP contribution < -0.4 is 4.74 Å². The Kier molecular flexibility index (Phi) is 6.32. The molecule has 0 aliphatic carbocycles. The van der Waals surface area contributed by atoms with E-state index >= 15 is 0 Å². The Morgan fingerprint density at radius 2 is 1.84 bits per heavy atom. The van der Waals surface area contributed by atoms with E-state index in [-0.39, 0.29) is 5.56 Å². The smallest absolute Gasteiger partial charge is 0.336 e. The standard InChI is InChI=1S/C32H24N2O3S/c1-2-21-12-13-28(37-18-20-7-5-8-22(15-20)23-9-6-14-33-17-23)30-25(32(35)36)16-27(34-31(21)30)26-19-38-29-11-4-3-10-24(26)29/h3-17,19H,2,18H2,1H3,(H,35,36). The van der Waals surface area contributed by atoms with E-state index in [1.807, 2.05) is 79.2 Å². The number of carboxylic acids is 1. The number of aromatic carboxylic acids is 1. The highest BCUT2D eigenvalue weighted by atomic mass is 32.1. The van der Waals surface area contributed by atoms with Crippen LogP contribution in [-0.4, -0.2) is 21.0 Å². The number of aromatic nitrogens is 2. The number of thiophene rings is 1. The summed E-state index contributed by atoms with van der Waals surface area (Å²) in [6.45, 7) is 2.35. The van der Waals surface area contributed by atoms with Crippen LogP contribution in [0.25, 0.3) is 43.4 Å². The zero-order chi connectivity index (χ0) is 26.1. The molecule has 186 valence electrons. The second kappa shape index (κ2) is 10.1. The first-order chi connectivity index (χ1) is 18.6. The number of aryl methyl sites for hydroxylation is 1. The molecule has 0 fully saturated rings. The zero-order valence-electron chi connectivity index (χ0n) is 20.7. The fourth-order valence-corrected chi connectivity index (χ4v) is 5.74. The van der Waals surface area contributed by atoms with Gasteiger partial charge in [0.05, 0.1) is 22.2 Å². The zero-order valence-corrected chi connectivity index (χ0v) is 21.5. The molecule has 3 aromatic heterocycles. The maximum atomic E-state index is 12.5. The maximum Gasteiger partial charge on any atom is 0.336 e. The molecule has 0 aliphatic heterocycles. The van der Waals surface area contributed by atoms with Crippen LogP contribution >= 0.6 is 11.3 Å². The van der Waals surface area contributed by atoms with Crippen LogP contribution in [0.15, 0.2) is 96.6 Å². The van der Waals surface area contributed by atoms with Gasteiger partial charge in [0.1, 0.15) is 12.4 Å². The molecule has 0 bridgehead atoms. The van der Waals surface area contributed by atoms with Gasteiger partial charge < -0.3 is 9.84 Å². The van der Waals surface area contributed by atoms with E-state index in [2.05, 4.69) is 17.1 Å². The third-order valence-electron chi connectivity index (χ3n) is 6.69. The molecule has 0 saturated carbocycles. The molecule has 0 atom stereocenters. The summed E-state index contributed by atoms with van der Waals surface area (Å²) in [5.74, 6) is -0.495. The number of nitrogens with zero attached hydrogens (tertiary/aromatic N) is 2. The molecular weight excluding hydrogens is 492 g/mol. The molecule has 0 aliphatic rings. The lowest BCUT2D eigenvalue weighted by molar-refractivity contribution is 0.0698. The van der Waals surface area contributed by atoms with Gasteiger partial charge in [-0.1, -0.05) is 55.5 Å². The van der Waals surface area contributed by atoms with Gasteiger partial charge in [-0.15, -0.1) is 11.3 Å². The van der Waals surface area contributed by atoms with Crippen molar-refractivity contribution in [1.29, 1.82) is 0 Å². The molecule has 0 unspecified atom stereocenters. The summed E-state index contributed by atoms with van der Waals surface area (Å²) in [7, 11) is 0. The molecule has 0 radical (unpaired) electrons. The van der Waals surface area contributed by atoms with Crippen molar-refractivity contribution < 1.29 is 14.6 Å². The Labute approximate surface area is 224 Å². The van der Waals surface area contributed by atoms with Gasteiger partial charge in [0.2, 0.25) is 0 Å². The highest BCUT2D eigenvalue weighted by Crippen LogP contribution is 2.38. The average Bonchev–Trinajstić information content (AvgIpc) is 3.40. The van der Waals surface area contributed by atoms with Crippen molar-refractivity contribution in [2.75, 3.05) is 0 Å². The predicted molar refractivity (Wildman–Crippen MR) is 153 cm³/mol. The number of carboxylic acid groups (broad SMARTS) is 1. The van der Waals surface area contributed by atoms with Crippen molar-refractivity contribution >= 4 is 38.3 Å². The van der Waals surface area contributed by atoms with Gasteiger partial charge in [-0.05, 0) is 59.0 Å². The van der Waals surface area contributed by atoms with E-state index in [4.69, 9.17) is 9.72 Å². The summed E-state index contributed by atoms with van der Waals surface area (Å²) in [6.07, 6.45) is 4.31. The minimum Gasteiger partial charge on any atom is -0.488 e. The molecule has 0 spiro atoms. The van der Waals surface area contributed by atoms with Crippen molar-refractivity contribution in [1.82, 2.24) is 9.97 Å². The summed E-state index contributed by atoms with van der Waals surface area (Å²) < 4.78 is 7.41. The molecular formula is C32H24N2O3S. The van der Waals surface area contributed by atoms with Crippen LogP contribution in [0.4, 0.5) is 0 Å². The van der Waals surface area contributed by atoms with Crippen LogP contribution in [0.1, 0.15) is 28.4 Å². The minimum absolute atomic E-state index is 0.190. The van der Waals surface area contributed by atoms with E-state index in [9.17, 15) is 9.90 Å². The number of hydrogen-bond donors (Lipinski definition) is 1. The molecule has 3 heterocycles. The first-order valence-corrected chi connectivity index (χ1v) is 13.3. The van der Waals surface area contributed by atoms with E-state index in [0.29, 0.717) is 29.0 Å². The Hall–Kier alpha value is -4.55. The number of ether oxygens (including phenoxy) is 1. The molecule has 6 heteroatoms. The molecule has 1 N–H and O–H groups in total. The van der Waals surface area contributed by atoms with Crippen LogP contribution in [-0.2, 0) is 13.0 Å². The normalized spacial score (nSPS) is 11.2. The summed E-state index contributed by atoms with van der Waals surface area (Å²) in [6, 6.07) is 25.6. The number of hydrogen-bond acceptors (Lipinski definition) is 5. The molecule has 5 nitrogen and oxygen atoms in total. The van der Waals surface area contributed by atoms with Crippen LogP contribution in [0.3, 0.4) is 0 Å². The van der Waals surface area contributed by atoms with E-state index in [0.717, 1.165) is 44.3 Å².